The van der Waals surface area contributed by atoms with Crippen molar-refractivity contribution in [3.8, 4) is 5.75 Å². The van der Waals surface area contributed by atoms with E-state index < -0.39 is 0 Å². The minimum Gasteiger partial charge on any atom is -0.496 e. The summed E-state index contributed by atoms with van der Waals surface area (Å²) in [5.74, 6) is 0.966. The van der Waals surface area contributed by atoms with Gasteiger partial charge in [-0.05, 0) is 25.5 Å². The SMILES string of the molecule is CCC(C)NCC(C)Sc1ccccc1OC. The third-order valence-electron chi connectivity index (χ3n) is 2.76. The van der Waals surface area contributed by atoms with Crippen LogP contribution >= 0.6 is 11.8 Å². The van der Waals surface area contributed by atoms with Crippen molar-refractivity contribution in [2.24, 2.45) is 0 Å². The molecule has 0 aliphatic rings. The highest BCUT2D eigenvalue weighted by Gasteiger charge is 2.09. The minimum atomic E-state index is 0.542. The lowest BCUT2D eigenvalue weighted by Gasteiger charge is -2.17. The number of rotatable bonds is 7. The second kappa shape index (κ2) is 7.62. The van der Waals surface area contributed by atoms with Gasteiger partial charge >= 0.3 is 0 Å². The molecular weight excluding hydrogens is 230 g/mol. The average molecular weight is 253 g/mol. The first kappa shape index (κ1) is 14.4. The lowest BCUT2D eigenvalue weighted by Crippen LogP contribution is -2.30. The predicted molar refractivity (Wildman–Crippen MR) is 76.1 cm³/mol. The van der Waals surface area contributed by atoms with Crippen LogP contribution in [0.1, 0.15) is 27.2 Å². The molecule has 0 bridgehead atoms. The van der Waals surface area contributed by atoms with Gasteiger partial charge in [-0.25, -0.2) is 0 Å². The second-order valence-electron chi connectivity index (χ2n) is 4.30. The Morgan fingerprint density at radius 2 is 2.00 bits per heavy atom. The molecule has 1 rings (SSSR count). The van der Waals surface area contributed by atoms with Gasteiger partial charge in [0.15, 0.2) is 0 Å². The molecule has 0 amide bonds. The van der Waals surface area contributed by atoms with Crippen LogP contribution in [0.15, 0.2) is 29.2 Å². The second-order valence-corrected chi connectivity index (χ2v) is 5.78. The van der Waals surface area contributed by atoms with Crippen molar-refractivity contribution in [1.29, 1.82) is 0 Å². The molecule has 17 heavy (non-hydrogen) atoms. The van der Waals surface area contributed by atoms with Gasteiger partial charge in [0.1, 0.15) is 5.75 Å². The van der Waals surface area contributed by atoms with E-state index in [0.717, 1.165) is 12.3 Å². The zero-order chi connectivity index (χ0) is 12.7. The Hall–Kier alpha value is -0.670. The van der Waals surface area contributed by atoms with Gasteiger partial charge in [-0.1, -0.05) is 26.0 Å². The highest BCUT2D eigenvalue weighted by atomic mass is 32.2. The molecule has 0 aliphatic carbocycles. The van der Waals surface area contributed by atoms with Crippen molar-refractivity contribution >= 4 is 11.8 Å². The molecule has 2 nitrogen and oxygen atoms in total. The fourth-order valence-corrected chi connectivity index (χ4v) is 2.52. The summed E-state index contributed by atoms with van der Waals surface area (Å²) < 4.78 is 5.35. The van der Waals surface area contributed by atoms with Crippen LogP contribution in [0.4, 0.5) is 0 Å². The lowest BCUT2D eigenvalue weighted by atomic mass is 10.2. The molecule has 1 aromatic carbocycles. The van der Waals surface area contributed by atoms with Gasteiger partial charge in [-0.3, -0.25) is 0 Å². The number of hydrogen-bond donors (Lipinski definition) is 1. The summed E-state index contributed by atoms with van der Waals surface area (Å²) in [4.78, 5) is 1.22. The molecule has 0 spiro atoms. The maximum atomic E-state index is 5.35. The molecule has 96 valence electrons. The van der Waals surface area contributed by atoms with Gasteiger partial charge in [0.2, 0.25) is 0 Å². The summed E-state index contributed by atoms with van der Waals surface area (Å²) in [5.41, 5.74) is 0. The normalized spacial score (nSPS) is 14.4. The van der Waals surface area contributed by atoms with E-state index in [1.54, 1.807) is 7.11 Å². The van der Waals surface area contributed by atoms with E-state index in [1.165, 1.54) is 11.3 Å². The number of ether oxygens (including phenoxy) is 1. The molecule has 2 unspecified atom stereocenters. The Bertz CT molecular complexity index is 330. The molecule has 2 atom stereocenters. The van der Waals surface area contributed by atoms with Gasteiger partial charge in [0.05, 0.1) is 7.11 Å². The monoisotopic (exact) mass is 253 g/mol. The average Bonchev–Trinajstić information content (AvgIpc) is 2.36. The van der Waals surface area contributed by atoms with Crippen LogP contribution in [-0.2, 0) is 0 Å². The molecule has 1 aromatic rings. The Balaban J connectivity index is 2.47. The highest BCUT2D eigenvalue weighted by Crippen LogP contribution is 2.31. The van der Waals surface area contributed by atoms with Gasteiger partial charge in [-0.15, -0.1) is 11.8 Å². The Morgan fingerprint density at radius 3 is 2.65 bits per heavy atom. The topological polar surface area (TPSA) is 21.3 Å². The fourth-order valence-electron chi connectivity index (χ4n) is 1.49. The first-order valence-electron chi connectivity index (χ1n) is 6.20. The zero-order valence-corrected chi connectivity index (χ0v) is 12.0. The molecule has 0 heterocycles. The smallest absolute Gasteiger partial charge is 0.132 e. The van der Waals surface area contributed by atoms with Crippen molar-refractivity contribution in [1.82, 2.24) is 5.32 Å². The third kappa shape index (κ3) is 5.00. The van der Waals surface area contributed by atoms with Gasteiger partial charge in [0.25, 0.3) is 0 Å². The van der Waals surface area contributed by atoms with Crippen LogP contribution in [0.5, 0.6) is 5.75 Å². The summed E-state index contributed by atoms with van der Waals surface area (Å²) >= 11 is 1.86. The van der Waals surface area contributed by atoms with Crippen LogP contribution in [0.25, 0.3) is 0 Å². The van der Waals surface area contributed by atoms with Gasteiger partial charge < -0.3 is 10.1 Å². The quantitative estimate of drug-likeness (QED) is 0.751. The minimum absolute atomic E-state index is 0.542. The highest BCUT2D eigenvalue weighted by molar-refractivity contribution is 8.00. The standard InChI is InChI=1S/C14H23NOS/c1-5-11(2)15-10-12(3)17-14-9-7-6-8-13(14)16-4/h6-9,11-12,15H,5,10H2,1-4H3. The maximum absolute atomic E-state index is 5.35. The molecule has 0 fully saturated rings. The Labute approximate surface area is 109 Å². The molecule has 1 N–H and O–H groups in total. The summed E-state index contributed by atoms with van der Waals surface area (Å²) in [5, 5.41) is 4.07. The molecular formula is C14H23NOS. The van der Waals surface area contributed by atoms with Gasteiger partial charge in [0, 0.05) is 22.7 Å². The van der Waals surface area contributed by atoms with Crippen LogP contribution in [0, 0.1) is 0 Å². The number of hydrogen-bond acceptors (Lipinski definition) is 3. The van der Waals surface area contributed by atoms with E-state index in [1.807, 2.05) is 23.9 Å². The summed E-state index contributed by atoms with van der Waals surface area (Å²) in [6.07, 6.45) is 1.17. The lowest BCUT2D eigenvalue weighted by molar-refractivity contribution is 0.404. The van der Waals surface area contributed by atoms with E-state index in [9.17, 15) is 0 Å². The van der Waals surface area contributed by atoms with Crippen molar-refractivity contribution < 1.29 is 4.74 Å². The predicted octanol–water partition coefficient (Wildman–Crippen LogP) is 3.56. The number of thioether (sulfide) groups is 1. The van der Waals surface area contributed by atoms with Crippen molar-refractivity contribution in [2.75, 3.05) is 13.7 Å². The van der Waals surface area contributed by atoms with Crippen LogP contribution in [0.2, 0.25) is 0 Å². The van der Waals surface area contributed by atoms with E-state index >= 15 is 0 Å². The van der Waals surface area contributed by atoms with E-state index in [4.69, 9.17) is 4.74 Å². The molecule has 0 aliphatic heterocycles. The third-order valence-corrected chi connectivity index (χ3v) is 3.92. The molecule has 0 saturated heterocycles. The number of benzene rings is 1. The van der Waals surface area contributed by atoms with Crippen molar-refractivity contribution in [3.05, 3.63) is 24.3 Å². The van der Waals surface area contributed by atoms with Crippen LogP contribution < -0.4 is 10.1 Å². The Morgan fingerprint density at radius 1 is 1.29 bits per heavy atom. The molecule has 0 aromatic heterocycles. The van der Waals surface area contributed by atoms with Crippen molar-refractivity contribution in [3.63, 3.8) is 0 Å². The van der Waals surface area contributed by atoms with Crippen LogP contribution in [0.3, 0.4) is 0 Å². The molecule has 0 saturated carbocycles. The Kier molecular flexibility index (Phi) is 6.45. The number of nitrogens with one attached hydrogen (secondary N) is 1. The zero-order valence-electron chi connectivity index (χ0n) is 11.2. The first-order chi connectivity index (χ1) is 8.17. The van der Waals surface area contributed by atoms with Crippen molar-refractivity contribution in [2.45, 2.75) is 43.4 Å². The van der Waals surface area contributed by atoms with E-state index in [2.05, 4.69) is 38.2 Å². The number of para-hydroxylation sites is 1. The summed E-state index contributed by atoms with van der Waals surface area (Å²) in [6.45, 7) is 7.69. The van der Waals surface area contributed by atoms with Gasteiger partial charge in [-0.2, -0.15) is 0 Å². The van der Waals surface area contributed by atoms with E-state index in [0.29, 0.717) is 11.3 Å². The largest absolute Gasteiger partial charge is 0.496 e. The fraction of sp³-hybridized carbons (Fsp3) is 0.571. The molecule has 0 radical (unpaired) electrons. The maximum Gasteiger partial charge on any atom is 0.132 e. The summed E-state index contributed by atoms with van der Waals surface area (Å²) in [7, 11) is 1.72. The first-order valence-corrected chi connectivity index (χ1v) is 7.08. The summed E-state index contributed by atoms with van der Waals surface area (Å²) in [6, 6.07) is 8.78. The molecule has 3 heteroatoms. The van der Waals surface area contributed by atoms with Crippen LogP contribution in [-0.4, -0.2) is 24.9 Å². The number of methoxy groups -OCH3 is 1. The van der Waals surface area contributed by atoms with E-state index in [-0.39, 0.29) is 0 Å².